The van der Waals surface area contributed by atoms with Crippen molar-refractivity contribution in [3.05, 3.63) is 30.9 Å². The number of hydrogen-bond donors (Lipinski definition) is 2. The third-order valence-electron chi connectivity index (χ3n) is 2.60. The van der Waals surface area contributed by atoms with Gasteiger partial charge in [0, 0.05) is 18.3 Å². The van der Waals surface area contributed by atoms with Crippen LogP contribution in [0.3, 0.4) is 0 Å². The molecular formula is C14H18N2O5. The second kappa shape index (κ2) is 7.78. The van der Waals surface area contributed by atoms with Crippen LogP contribution in [0.15, 0.2) is 30.9 Å². The van der Waals surface area contributed by atoms with Crippen molar-refractivity contribution in [2.75, 3.05) is 32.6 Å². The molecule has 0 aromatic heterocycles. The van der Waals surface area contributed by atoms with Gasteiger partial charge in [0.25, 0.3) is 0 Å². The van der Waals surface area contributed by atoms with Crippen LogP contribution in [0.1, 0.15) is 0 Å². The Balaban J connectivity index is 2.85. The average molecular weight is 294 g/mol. The Kier molecular flexibility index (Phi) is 6.06. The molecule has 0 aliphatic carbocycles. The normalized spacial score (nSPS) is 9.62. The summed E-state index contributed by atoms with van der Waals surface area (Å²) in [5.41, 5.74) is 0.470. The van der Waals surface area contributed by atoms with Gasteiger partial charge in [0.1, 0.15) is 6.54 Å². The second-order valence-electron chi connectivity index (χ2n) is 4.06. The smallest absolute Gasteiger partial charge is 0.323 e. The lowest BCUT2D eigenvalue weighted by atomic mass is 10.2. The van der Waals surface area contributed by atoms with Crippen molar-refractivity contribution >= 4 is 17.7 Å². The molecular weight excluding hydrogens is 276 g/mol. The van der Waals surface area contributed by atoms with Gasteiger partial charge >= 0.3 is 12.0 Å². The topological polar surface area (TPSA) is 88.1 Å². The van der Waals surface area contributed by atoms with E-state index in [0.29, 0.717) is 17.2 Å². The van der Waals surface area contributed by atoms with Crippen LogP contribution in [0.4, 0.5) is 10.5 Å². The van der Waals surface area contributed by atoms with Crippen molar-refractivity contribution in [2.45, 2.75) is 0 Å². The Labute approximate surface area is 122 Å². The van der Waals surface area contributed by atoms with Crippen molar-refractivity contribution in [3.63, 3.8) is 0 Å². The van der Waals surface area contributed by atoms with Crippen LogP contribution in [-0.4, -0.2) is 49.3 Å². The largest absolute Gasteiger partial charge is 0.493 e. The predicted octanol–water partition coefficient (Wildman–Crippen LogP) is 1.81. The highest BCUT2D eigenvalue weighted by Crippen LogP contribution is 2.29. The van der Waals surface area contributed by atoms with Crippen LogP contribution in [0.5, 0.6) is 11.5 Å². The van der Waals surface area contributed by atoms with Gasteiger partial charge in [-0.1, -0.05) is 6.08 Å². The summed E-state index contributed by atoms with van der Waals surface area (Å²) < 4.78 is 10.2. The molecule has 0 aliphatic rings. The molecule has 2 N–H and O–H groups in total. The zero-order valence-corrected chi connectivity index (χ0v) is 12.0. The van der Waals surface area contributed by atoms with Gasteiger partial charge in [-0.05, 0) is 12.1 Å². The fourth-order valence-electron chi connectivity index (χ4n) is 1.65. The molecule has 0 bridgehead atoms. The first kappa shape index (κ1) is 16.4. The number of hydrogen-bond acceptors (Lipinski definition) is 4. The third kappa shape index (κ3) is 4.72. The minimum atomic E-state index is -1.10. The summed E-state index contributed by atoms with van der Waals surface area (Å²) in [6.45, 7) is 3.21. The van der Waals surface area contributed by atoms with E-state index in [0.717, 1.165) is 4.90 Å². The van der Waals surface area contributed by atoms with Gasteiger partial charge in [-0.15, -0.1) is 6.58 Å². The lowest BCUT2D eigenvalue weighted by Crippen LogP contribution is -2.38. The molecule has 1 aromatic rings. The number of urea groups is 1. The molecule has 1 rings (SSSR count). The molecule has 7 nitrogen and oxygen atoms in total. The predicted molar refractivity (Wildman–Crippen MR) is 78.0 cm³/mol. The van der Waals surface area contributed by atoms with Crippen LogP contribution >= 0.6 is 0 Å². The molecule has 0 fully saturated rings. The maximum absolute atomic E-state index is 12.0. The number of carboxylic acids is 1. The molecule has 1 aromatic carbocycles. The summed E-state index contributed by atoms with van der Waals surface area (Å²) in [6, 6.07) is 4.32. The van der Waals surface area contributed by atoms with Gasteiger partial charge in [0.05, 0.1) is 14.2 Å². The number of nitrogens with one attached hydrogen (secondary N) is 1. The first-order valence-corrected chi connectivity index (χ1v) is 6.12. The molecule has 0 spiro atoms. The average Bonchev–Trinajstić information content (AvgIpc) is 2.46. The van der Waals surface area contributed by atoms with Gasteiger partial charge < -0.3 is 24.8 Å². The van der Waals surface area contributed by atoms with E-state index in [2.05, 4.69) is 11.9 Å². The minimum Gasteiger partial charge on any atom is -0.493 e. The highest BCUT2D eigenvalue weighted by atomic mass is 16.5. The van der Waals surface area contributed by atoms with E-state index in [4.69, 9.17) is 14.6 Å². The summed E-state index contributed by atoms with van der Waals surface area (Å²) in [6.07, 6.45) is 1.46. The Morgan fingerprint density at radius 1 is 1.33 bits per heavy atom. The first-order valence-electron chi connectivity index (χ1n) is 6.12. The number of amides is 2. The standard InChI is InChI=1S/C14H18N2O5/c1-4-7-16(9-13(17)18)14(19)15-10-5-6-11(20-2)12(8-10)21-3/h4-6,8H,1,7,9H2,2-3H3,(H,15,19)(H,17,18). The zero-order valence-electron chi connectivity index (χ0n) is 12.0. The summed E-state index contributed by atoms with van der Waals surface area (Å²) >= 11 is 0. The molecule has 114 valence electrons. The second-order valence-corrected chi connectivity index (χ2v) is 4.06. The van der Waals surface area contributed by atoms with E-state index in [9.17, 15) is 9.59 Å². The number of methoxy groups -OCH3 is 2. The zero-order chi connectivity index (χ0) is 15.8. The molecule has 0 unspecified atom stereocenters. The Morgan fingerprint density at radius 3 is 2.52 bits per heavy atom. The van der Waals surface area contributed by atoms with Gasteiger partial charge in [0.2, 0.25) is 0 Å². The molecule has 0 saturated carbocycles. The van der Waals surface area contributed by atoms with E-state index >= 15 is 0 Å². The number of carboxylic acid groups (broad SMARTS) is 1. The van der Waals surface area contributed by atoms with Gasteiger partial charge in [-0.2, -0.15) is 0 Å². The monoisotopic (exact) mass is 294 g/mol. The number of anilines is 1. The van der Waals surface area contributed by atoms with Crippen molar-refractivity contribution in [1.82, 2.24) is 4.90 Å². The van der Waals surface area contributed by atoms with Crippen LogP contribution in [0.2, 0.25) is 0 Å². The van der Waals surface area contributed by atoms with E-state index in [1.807, 2.05) is 0 Å². The quantitative estimate of drug-likeness (QED) is 0.749. The first-order chi connectivity index (χ1) is 10.0. The van der Waals surface area contributed by atoms with Crippen LogP contribution in [0, 0.1) is 0 Å². The fourth-order valence-corrected chi connectivity index (χ4v) is 1.65. The number of rotatable bonds is 7. The van der Waals surface area contributed by atoms with Gasteiger partial charge in [-0.3, -0.25) is 4.79 Å². The molecule has 0 atom stereocenters. The Bertz CT molecular complexity index is 530. The van der Waals surface area contributed by atoms with Crippen molar-refractivity contribution in [2.24, 2.45) is 0 Å². The van der Waals surface area contributed by atoms with Crippen LogP contribution < -0.4 is 14.8 Å². The molecule has 0 aliphatic heterocycles. The van der Waals surface area contributed by atoms with E-state index in [-0.39, 0.29) is 6.54 Å². The SMILES string of the molecule is C=CCN(CC(=O)O)C(=O)Nc1ccc(OC)c(OC)c1. The molecule has 0 saturated heterocycles. The molecule has 0 radical (unpaired) electrons. The summed E-state index contributed by atoms with van der Waals surface area (Å²) in [4.78, 5) is 23.9. The number of carbonyl (C=O) groups excluding carboxylic acids is 1. The number of aliphatic carboxylic acids is 1. The van der Waals surface area contributed by atoms with E-state index in [1.54, 1.807) is 18.2 Å². The van der Waals surface area contributed by atoms with E-state index < -0.39 is 18.5 Å². The lowest BCUT2D eigenvalue weighted by Gasteiger charge is -2.19. The number of benzene rings is 1. The summed E-state index contributed by atoms with van der Waals surface area (Å²) in [7, 11) is 2.99. The van der Waals surface area contributed by atoms with Crippen LogP contribution in [0.25, 0.3) is 0 Å². The number of carbonyl (C=O) groups is 2. The summed E-state index contributed by atoms with van der Waals surface area (Å²) in [5.74, 6) is -0.105. The molecule has 0 heterocycles. The van der Waals surface area contributed by atoms with Gasteiger partial charge in [-0.25, -0.2) is 4.79 Å². The Hall–Kier alpha value is -2.70. The molecule has 21 heavy (non-hydrogen) atoms. The number of ether oxygens (including phenoxy) is 2. The molecule has 7 heteroatoms. The van der Waals surface area contributed by atoms with E-state index in [1.165, 1.54) is 20.3 Å². The van der Waals surface area contributed by atoms with Crippen molar-refractivity contribution < 1.29 is 24.2 Å². The maximum Gasteiger partial charge on any atom is 0.323 e. The van der Waals surface area contributed by atoms with Crippen molar-refractivity contribution in [3.8, 4) is 11.5 Å². The fraction of sp³-hybridized carbons (Fsp3) is 0.286. The van der Waals surface area contributed by atoms with Crippen molar-refractivity contribution in [1.29, 1.82) is 0 Å². The highest BCUT2D eigenvalue weighted by Gasteiger charge is 2.16. The Morgan fingerprint density at radius 2 is 2.00 bits per heavy atom. The van der Waals surface area contributed by atoms with Gasteiger partial charge in [0.15, 0.2) is 11.5 Å². The summed E-state index contributed by atoms with van der Waals surface area (Å²) in [5, 5.41) is 11.4. The third-order valence-corrected chi connectivity index (χ3v) is 2.60. The molecule has 2 amide bonds. The minimum absolute atomic E-state index is 0.130. The van der Waals surface area contributed by atoms with Crippen LogP contribution in [-0.2, 0) is 4.79 Å². The maximum atomic E-state index is 12.0. The highest BCUT2D eigenvalue weighted by molar-refractivity contribution is 5.91. The lowest BCUT2D eigenvalue weighted by molar-refractivity contribution is -0.137. The number of nitrogens with zero attached hydrogens (tertiary/aromatic N) is 1.